The minimum atomic E-state index is -0.751. The molecule has 0 bridgehead atoms. The Morgan fingerprint density at radius 1 is 1.12 bits per heavy atom. The molecule has 1 unspecified atom stereocenters. The molecule has 0 radical (unpaired) electrons. The summed E-state index contributed by atoms with van der Waals surface area (Å²) in [5.74, 6) is 0.289. The number of rotatable bonds is 14. The van der Waals surface area contributed by atoms with Crippen molar-refractivity contribution in [2.24, 2.45) is 5.92 Å². The van der Waals surface area contributed by atoms with Crippen LogP contribution >= 0.6 is 11.3 Å². The fourth-order valence-corrected chi connectivity index (χ4v) is 6.94. The number of hydrogen-bond acceptors (Lipinski definition) is 7. The third-order valence-electron chi connectivity index (χ3n) is 8.51. The van der Waals surface area contributed by atoms with Crippen molar-refractivity contribution in [3.8, 4) is 0 Å². The second-order valence-corrected chi connectivity index (χ2v) is 13.4. The smallest absolute Gasteiger partial charge is 0.247 e. The largest absolute Gasteiger partial charge is 0.379 e. The van der Waals surface area contributed by atoms with Gasteiger partial charge in [-0.05, 0) is 36.0 Å². The third-order valence-corrected chi connectivity index (χ3v) is 9.55. The van der Waals surface area contributed by atoms with E-state index in [9.17, 15) is 14.4 Å². The van der Waals surface area contributed by atoms with E-state index in [1.165, 1.54) is 24.8 Å². The highest BCUT2D eigenvalue weighted by Crippen LogP contribution is 2.28. The van der Waals surface area contributed by atoms with Gasteiger partial charge in [-0.1, -0.05) is 65.5 Å². The van der Waals surface area contributed by atoms with E-state index in [0.717, 1.165) is 47.6 Å². The van der Waals surface area contributed by atoms with Crippen LogP contribution in [0, 0.1) is 5.92 Å². The van der Waals surface area contributed by atoms with Crippen molar-refractivity contribution in [3.05, 3.63) is 40.9 Å². The molecule has 2 atom stereocenters. The molecule has 1 aliphatic heterocycles. The first-order chi connectivity index (χ1) is 20.7. The standard InChI is InChI=1S/C33H49N5O4S/c1-5-30(39)36-28(19-31-37-27-12-11-25(22(2)3)18-29(27)43-31)33(41)35-26(17-24-9-7-6-8-10-24)20-34-32(40)23(4)21-38-13-15-42-16-14-38/h11-12,18,22,24,26,28H,4-10,13-17,19-21H2,1-3H3,(H,34,40)(H,35,41)(H,36,39)/t26?,28-/m0/s1. The Balaban J connectivity index is 1.43. The normalized spacial score (nSPS) is 17.9. The van der Waals surface area contributed by atoms with E-state index in [1.807, 2.05) is 6.07 Å². The van der Waals surface area contributed by atoms with Crippen molar-refractivity contribution < 1.29 is 19.1 Å². The molecule has 1 aliphatic carbocycles. The number of thiazole rings is 1. The van der Waals surface area contributed by atoms with Crippen molar-refractivity contribution in [2.45, 2.75) is 90.1 Å². The molecule has 2 aliphatic rings. The van der Waals surface area contributed by atoms with E-state index < -0.39 is 6.04 Å². The number of aromatic nitrogens is 1. The van der Waals surface area contributed by atoms with E-state index in [2.05, 4.69) is 53.4 Å². The first kappa shape index (κ1) is 33.1. The highest BCUT2D eigenvalue weighted by molar-refractivity contribution is 7.18. The Morgan fingerprint density at radius 3 is 2.56 bits per heavy atom. The molecule has 1 saturated carbocycles. The zero-order chi connectivity index (χ0) is 30.8. The lowest BCUT2D eigenvalue weighted by molar-refractivity contribution is -0.129. The Bertz CT molecular complexity index is 1250. The van der Waals surface area contributed by atoms with Crippen LogP contribution in [0.5, 0.6) is 0 Å². The summed E-state index contributed by atoms with van der Waals surface area (Å²) in [5.41, 5.74) is 2.66. The zero-order valence-corrected chi connectivity index (χ0v) is 26.9. The molecule has 2 fully saturated rings. The molecule has 236 valence electrons. The zero-order valence-electron chi connectivity index (χ0n) is 26.1. The molecule has 1 saturated heterocycles. The lowest BCUT2D eigenvalue weighted by Gasteiger charge is -2.29. The topological polar surface area (TPSA) is 113 Å². The number of carbonyl (C=O) groups excluding carboxylic acids is 3. The molecule has 10 heteroatoms. The van der Waals surface area contributed by atoms with Crippen LogP contribution in [0.2, 0.25) is 0 Å². The Kier molecular flexibility index (Phi) is 12.5. The van der Waals surface area contributed by atoms with Gasteiger partial charge in [-0.15, -0.1) is 11.3 Å². The summed E-state index contributed by atoms with van der Waals surface area (Å²) in [6, 6.07) is 5.29. The predicted octanol–water partition coefficient (Wildman–Crippen LogP) is 4.32. The molecule has 9 nitrogen and oxygen atoms in total. The molecule has 3 amide bonds. The molecule has 3 N–H and O–H groups in total. The SMILES string of the molecule is C=C(CN1CCOCC1)C(=O)NCC(CC1CCCCC1)NC(=O)[C@H](Cc1nc2ccc(C(C)C)cc2s1)NC(=O)CC. The summed E-state index contributed by atoms with van der Waals surface area (Å²) in [4.78, 5) is 46.1. The van der Waals surface area contributed by atoms with Crippen molar-refractivity contribution in [2.75, 3.05) is 39.4 Å². The number of hydrogen-bond donors (Lipinski definition) is 3. The Hall–Kier alpha value is -2.82. The number of carbonyl (C=O) groups is 3. The molecule has 4 rings (SSSR count). The predicted molar refractivity (Wildman–Crippen MR) is 172 cm³/mol. The molecule has 1 aromatic heterocycles. The van der Waals surface area contributed by atoms with Crippen molar-refractivity contribution >= 4 is 39.3 Å². The number of ether oxygens (including phenoxy) is 1. The fraction of sp³-hybridized carbons (Fsp3) is 0.636. The van der Waals surface area contributed by atoms with Gasteiger partial charge < -0.3 is 20.7 Å². The maximum absolute atomic E-state index is 13.8. The summed E-state index contributed by atoms with van der Waals surface area (Å²) < 4.78 is 6.49. The lowest BCUT2D eigenvalue weighted by atomic mass is 9.84. The summed E-state index contributed by atoms with van der Waals surface area (Å²) in [6.07, 6.45) is 7.28. The summed E-state index contributed by atoms with van der Waals surface area (Å²) in [5, 5.41) is 9.96. The maximum atomic E-state index is 13.8. The molecular formula is C33H49N5O4S. The molecule has 0 spiro atoms. The monoisotopic (exact) mass is 611 g/mol. The minimum Gasteiger partial charge on any atom is -0.379 e. The molecular weight excluding hydrogens is 562 g/mol. The first-order valence-electron chi connectivity index (χ1n) is 16.0. The van der Waals surface area contributed by atoms with Gasteiger partial charge in [0.05, 0.1) is 28.4 Å². The van der Waals surface area contributed by atoms with E-state index in [4.69, 9.17) is 9.72 Å². The van der Waals surface area contributed by atoms with Gasteiger partial charge in [0, 0.05) is 50.6 Å². The van der Waals surface area contributed by atoms with Crippen molar-refractivity contribution in [1.82, 2.24) is 25.8 Å². The number of amides is 3. The van der Waals surface area contributed by atoms with Crippen LogP contribution in [-0.2, 0) is 25.5 Å². The Labute approximate surface area is 260 Å². The lowest BCUT2D eigenvalue weighted by Crippen LogP contribution is -2.53. The number of benzene rings is 1. The van der Waals surface area contributed by atoms with Crippen LogP contribution in [0.25, 0.3) is 10.2 Å². The average molecular weight is 612 g/mol. The number of nitrogens with one attached hydrogen (secondary N) is 3. The maximum Gasteiger partial charge on any atom is 0.247 e. The van der Waals surface area contributed by atoms with Gasteiger partial charge in [-0.25, -0.2) is 4.98 Å². The molecule has 2 heterocycles. The van der Waals surface area contributed by atoms with Gasteiger partial charge in [0.2, 0.25) is 17.7 Å². The Morgan fingerprint density at radius 2 is 1.86 bits per heavy atom. The average Bonchev–Trinajstić information content (AvgIpc) is 3.41. The van der Waals surface area contributed by atoms with Crippen LogP contribution < -0.4 is 16.0 Å². The van der Waals surface area contributed by atoms with Gasteiger partial charge in [0.1, 0.15) is 6.04 Å². The van der Waals surface area contributed by atoms with Crippen molar-refractivity contribution in [1.29, 1.82) is 0 Å². The minimum absolute atomic E-state index is 0.181. The van der Waals surface area contributed by atoms with Crippen LogP contribution in [0.3, 0.4) is 0 Å². The number of nitrogens with zero attached hydrogens (tertiary/aromatic N) is 2. The third kappa shape index (κ3) is 10.1. The molecule has 43 heavy (non-hydrogen) atoms. The fourth-order valence-electron chi connectivity index (χ4n) is 5.88. The molecule has 2 aromatic rings. The number of morpholine rings is 1. The van der Waals surface area contributed by atoms with E-state index in [-0.39, 0.29) is 30.2 Å². The van der Waals surface area contributed by atoms with E-state index >= 15 is 0 Å². The van der Waals surface area contributed by atoms with Gasteiger partial charge >= 0.3 is 0 Å². The van der Waals surface area contributed by atoms with Crippen LogP contribution in [-0.4, -0.2) is 79.1 Å². The summed E-state index contributed by atoms with van der Waals surface area (Å²) in [6.45, 7) is 13.8. The molecule has 1 aromatic carbocycles. The highest BCUT2D eigenvalue weighted by atomic mass is 32.1. The quantitative estimate of drug-likeness (QED) is 0.275. The first-order valence-corrected chi connectivity index (χ1v) is 16.8. The van der Waals surface area contributed by atoms with Crippen LogP contribution in [0.4, 0.5) is 0 Å². The van der Waals surface area contributed by atoms with Gasteiger partial charge in [-0.2, -0.15) is 0 Å². The number of fused-ring (bicyclic) bond motifs is 1. The van der Waals surface area contributed by atoms with Crippen molar-refractivity contribution in [3.63, 3.8) is 0 Å². The summed E-state index contributed by atoms with van der Waals surface area (Å²) in [7, 11) is 0. The van der Waals surface area contributed by atoms with Gasteiger partial charge in [0.25, 0.3) is 0 Å². The highest BCUT2D eigenvalue weighted by Gasteiger charge is 2.27. The van der Waals surface area contributed by atoms with Crippen LogP contribution in [0.1, 0.15) is 82.2 Å². The second-order valence-electron chi connectivity index (χ2n) is 12.3. The second kappa shape index (κ2) is 16.3. The van der Waals surface area contributed by atoms with E-state index in [0.29, 0.717) is 50.1 Å². The van der Waals surface area contributed by atoms with E-state index in [1.54, 1.807) is 18.3 Å². The van der Waals surface area contributed by atoms with Crippen LogP contribution in [0.15, 0.2) is 30.4 Å². The van der Waals surface area contributed by atoms with Gasteiger partial charge in [0.15, 0.2) is 0 Å². The summed E-state index contributed by atoms with van der Waals surface area (Å²) >= 11 is 1.57. The van der Waals surface area contributed by atoms with Gasteiger partial charge in [-0.3, -0.25) is 19.3 Å².